The van der Waals surface area contributed by atoms with E-state index in [-0.39, 0.29) is 17.9 Å². The Morgan fingerprint density at radius 2 is 2.00 bits per heavy atom. The molecule has 0 saturated carbocycles. The number of likely N-dealkylation sites (tertiary alicyclic amines) is 1. The van der Waals surface area contributed by atoms with Crippen molar-refractivity contribution in [2.45, 2.75) is 38.4 Å². The van der Waals surface area contributed by atoms with Crippen molar-refractivity contribution in [1.82, 2.24) is 15.1 Å². The van der Waals surface area contributed by atoms with Crippen molar-refractivity contribution in [3.05, 3.63) is 53.5 Å². The van der Waals surface area contributed by atoms with Crippen molar-refractivity contribution in [1.29, 1.82) is 0 Å². The van der Waals surface area contributed by atoms with Gasteiger partial charge in [0.25, 0.3) is 5.91 Å². The van der Waals surface area contributed by atoms with Gasteiger partial charge in [-0.3, -0.25) is 14.5 Å². The van der Waals surface area contributed by atoms with Crippen LogP contribution in [0.15, 0.2) is 41.0 Å². The van der Waals surface area contributed by atoms with E-state index in [1.807, 2.05) is 35.2 Å². The Kier molecular flexibility index (Phi) is 7.44. The zero-order chi connectivity index (χ0) is 22.3. The molecule has 2 saturated heterocycles. The summed E-state index contributed by atoms with van der Waals surface area (Å²) in [7, 11) is 1.63. The van der Waals surface area contributed by atoms with E-state index in [4.69, 9.17) is 13.9 Å². The van der Waals surface area contributed by atoms with Gasteiger partial charge in [-0.25, -0.2) is 0 Å². The number of hydrogen-bond donors (Lipinski definition) is 1. The summed E-state index contributed by atoms with van der Waals surface area (Å²) in [6.07, 6.45) is 3.29. The Morgan fingerprint density at radius 3 is 2.81 bits per heavy atom. The van der Waals surface area contributed by atoms with Crippen LogP contribution < -0.4 is 10.1 Å². The Bertz CT molecular complexity index is 922. The van der Waals surface area contributed by atoms with E-state index >= 15 is 0 Å². The zero-order valence-electron chi connectivity index (χ0n) is 18.5. The molecule has 3 heterocycles. The summed E-state index contributed by atoms with van der Waals surface area (Å²) in [6, 6.07) is 9.53. The number of carbonyl (C=O) groups is 2. The summed E-state index contributed by atoms with van der Waals surface area (Å²) in [6.45, 7) is 5.01. The lowest BCUT2D eigenvalue weighted by Gasteiger charge is -2.25. The number of carbonyl (C=O) groups excluding carboxylic acids is 2. The largest absolute Gasteiger partial charge is 0.497 e. The highest BCUT2D eigenvalue weighted by Crippen LogP contribution is 2.19. The van der Waals surface area contributed by atoms with Crippen molar-refractivity contribution in [3.63, 3.8) is 0 Å². The average Bonchev–Trinajstić information content (AvgIpc) is 3.22. The van der Waals surface area contributed by atoms with Gasteiger partial charge in [0, 0.05) is 38.6 Å². The van der Waals surface area contributed by atoms with E-state index in [9.17, 15) is 9.59 Å². The minimum Gasteiger partial charge on any atom is -0.497 e. The first-order valence-corrected chi connectivity index (χ1v) is 11.2. The molecule has 172 valence electrons. The second-order valence-corrected chi connectivity index (χ2v) is 8.35. The van der Waals surface area contributed by atoms with Crippen molar-refractivity contribution >= 4 is 11.8 Å². The van der Waals surface area contributed by atoms with Gasteiger partial charge in [-0.1, -0.05) is 12.1 Å². The van der Waals surface area contributed by atoms with Crippen LogP contribution in [0.1, 0.15) is 40.9 Å². The summed E-state index contributed by atoms with van der Waals surface area (Å²) in [5.41, 5.74) is 1.56. The summed E-state index contributed by atoms with van der Waals surface area (Å²) in [4.78, 5) is 29.5. The number of furan rings is 1. The number of rotatable bonds is 7. The van der Waals surface area contributed by atoms with Gasteiger partial charge in [-0.05, 0) is 36.6 Å². The highest BCUT2D eigenvalue weighted by Gasteiger charge is 2.25. The minimum absolute atomic E-state index is 0.0423. The fraction of sp³-hybridized carbons (Fsp3) is 0.500. The van der Waals surface area contributed by atoms with Crippen LogP contribution >= 0.6 is 0 Å². The van der Waals surface area contributed by atoms with Crippen molar-refractivity contribution in [2.24, 2.45) is 0 Å². The van der Waals surface area contributed by atoms with E-state index in [1.165, 1.54) is 6.26 Å². The summed E-state index contributed by atoms with van der Waals surface area (Å²) in [5, 5.41) is 3.08. The third kappa shape index (κ3) is 5.89. The predicted molar refractivity (Wildman–Crippen MR) is 118 cm³/mol. The number of ether oxygens (including phenoxy) is 2. The van der Waals surface area contributed by atoms with E-state index in [0.29, 0.717) is 38.0 Å². The maximum atomic E-state index is 12.7. The molecule has 1 unspecified atom stereocenters. The molecule has 4 rings (SSSR count). The normalized spacial score (nSPS) is 20.1. The molecule has 1 N–H and O–H groups in total. The van der Waals surface area contributed by atoms with Crippen LogP contribution in [0, 0.1) is 0 Å². The topological polar surface area (TPSA) is 84.2 Å². The Labute approximate surface area is 188 Å². The van der Waals surface area contributed by atoms with E-state index < -0.39 is 0 Å². The molecule has 2 aliphatic heterocycles. The summed E-state index contributed by atoms with van der Waals surface area (Å²) >= 11 is 0. The Morgan fingerprint density at radius 1 is 1.16 bits per heavy atom. The van der Waals surface area contributed by atoms with Crippen molar-refractivity contribution in [3.8, 4) is 5.75 Å². The number of hydrogen-bond acceptors (Lipinski definition) is 6. The van der Waals surface area contributed by atoms with Gasteiger partial charge in [0.05, 0.1) is 32.4 Å². The van der Waals surface area contributed by atoms with Crippen molar-refractivity contribution < 1.29 is 23.5 Å². The first-order valence-electron chi connectivity index (χ1n) is 11.2. The van der Waals surface area contributed by atoms with Gasteiger partial charge in [0.1, 0.15) is 17.8 Å². The van der Waals surface area contributed by atoms with Crippen molar-refractivity contribution in [2.75, 3.05) is 40.0 Å². The molecule has 2 amide bonds. The lowest BCUT2D eigenvalue weighted by Crippen LogP contribution is -2.36. The SMILES string of the molecule is COc1cccc(CN2CCC(NC(=O)c3coc(CN4CCOCC4)c3)CCC2=O)c1. The smallest absolute Gasteiger partial charge is 0.254 e. The predicted octanol–water partition coefficient (Wildman–Crippen LogP) is 2.43. The highest BCUT2D eigenvalue weighted by molar-refractivity contribution is 5.94. The van der Waals surface area contributed by atoms with E-state index in [2.05, 4.69) is 10.2 Å². The standard InChI is InChI=1S/C24H31N3O5/c1-30-21-4-2-3-18(13-21)15-27-8-7-20(5-6-23(27)28)25-24(29)19-14-22(32-17-19)16-26-9-11-31-12-10-26/h2-4,13-14,17,20H,5-12,15-16H2,1H3,(H,25,29). The molecule has 2 aromatic rings. The van der Waals surface area contributed by atoms with Crippen LogP contribution in [0.4, 0.5) is 0 Å². The lowest BCUT2D eigenvalue weighted by atomic mass is 10.1. The number of methoxy groups -OCH3 is 1. The summed E-state index contributed by atoms with van der Waals surface area (Å²) in [5.74, 6) is 1.52. The molecular weight excluding hydrogens is 410 g/mol. The van der Waals surface area contributed by atoms with Gasteiger partial charge in [-0.2, -0.15) is 0 Å². The fourth-order valence-electron chi connectivity index (χ4n) is 4.17. The maximum absolute atomic E-state index is 12.7. The van der Waals surface area contributed by atoms with Gasteiger partial charge in [0.15, 0.2) is 0 Å². The van der Waals surface area contributed by atoms with Gasteiger partial charge < -0.3 is 24.1 Å². The third-order valence-electron chi connectivity index (χ3n) is 6.05. The third-order valence-corrected chi connectivity index (χ3v) is 6.05. The number of amides is 2. The summed E-state index contributed by atoms with van der Waals surface area (Å²) < 4.78 is 16.2. The maximum Gasteiger partial charge on any atom is 0.254 e. The minimum atomic E-state index is -0.152. The average molecular weight is 442 g/mol. The lowest BCUT2D eigenvalue weighted by molar-refractivity contribution is -0.131. The van der Waals surface area contributed by atoms with Gasteiger partial charge in [-0.15, -0.1) is 0 Å². The van der Waals surface area contributed by atoms with E-state index in [0.717, 1.165) is 49.8 Å². The quantitative estimate of drug-likeness (QED) is 0.711. The molecule has 0 radical (unpaired) electrons. The molecule has 0 aliphatic carbocycles. The number of benzene rings is 1. The van der Waals surface area contributed by atoms with Crippen LogP contribution in [0.25, 0.3) is 0 Å². The molecule has 0 bridgehead atoms. The molecule has 8 nitrogen and oxygen atoms in total. The van der Waals surface area contributed by atoms with Crippen LogP contribution in [-0.4, -0.2) is 67.6 Å². The first kappa shape index (κ1) is 22.4. The molecule has 8 heteroatoms. The van der Waals surface area contributed by atoms with E-state index in [1.54, 1.807) is 7.11 Å². The molecule has 0 spiro atoms. The number of nitrogens with one attached hydrogen (secondary N) is 1. The van der Waals surface area contributed by atoms with Crippen LogP contribution in [-0.2, 0) is 22.6 Å². The molecule has 1 aromatic carbocycles. The highest BCUT2D eigenvalue weighted by atomic mass is 16.5. The first-order chi connectivity index (χ1) is 15.6. The molecule has 1 atom stereocenters. The van der Waals surface area contributed by atoms with Crippen LogP contribution in [0.3, 0.4) is 0 Å². The van der Waals surface area contributed by atoms with Crippen LogP contribution in [0.5, 0.6) is 5.75 Å². The van der Waals surface area contributed by atoms with Gasteiger partial charge in [0.2, 0.25) is 5.91 Å². The monoisotopic (exact) mass is 441 g/mol. The molecular formula is C24H31N3O5. The second kappa shape index (κ2) is 10.7. The zero-order valence-corrected chi connectivity index (χ0v) is 18.5. The Balaban J connectivity index is 1.29. The molecule has 2 fully saturated rings. The number of nitrogens with zero attached hydrogens (tertiary/aromatic N) is 2. The number of morpholine rings is 1. The van der Waals surface area contributed by atoms with Crippen LogP contribution in [0.2, 0.25) is 0 Å². The second-order valence-electron chi connectivity index (χ2n) is 8.35. The molecule has 1 aromatic heterocycles. The fourth-order valence-corrected chi connectivity index (χ4v) is 4.17. The van der Waals surface area contributed by atoms with Gasteiger partial charge >= 0.3 is 0 Å². The Hall–Kier alpha value is -2.84. The molecule has 32 heavy (non-hydrogen) atoms. The molecule has 2 aliphatic rings.